The second-order valence-electron chi connectivity index (χ2n) is 12.3. The Labute approximate surface area is 258 Å². The Morgan fingerprint density at radius 3 is 2.32 bits per heavy atom. The summed E-state index contributed by atoms with van der Waals surface area (Å²) in [6.07, 6.45) is 13.8. The first-order valence-corrected chi connectivity index (χ1v) is 15.9. The van der Waals surface area contributed by atoms with Crippen molar-refractivity contribution in [2.75, 3.05) is 13.1 Å². The molecule has 0 aromatic heterocycles. The molecule has 0 radical (unpaired) electrons. The molecule has 4 aliphatic rings. The van der Waals surface area contributed by atoms with Gasteiger partial charge in [0.2, 0.25) is 29.4 Å². The number of likely N-dealkylation sites (tertiary alicyclic amines) is 1. The molecule has 4 N–H and O–H groups in total. The van der Waals surface area contributed by atoms with Gasteiger partial charge in [0.15, 0.2) is 0 Å². The van der Waals surface area contributed by atoms with E-state index in [1.807, 2.05) is 0 Å². The number of rotatable bonds is 16. The highest BCUT2D eigenvalue weighted by Gasteiger charge is 2.40. The van der Waals surface area contributed by atoms with Gasteiger partial charge in [-0.05, 0) is 63.5 Å². The fourth-order valence-electron chi connectivity index (χ4n) is 5.92. The Kier molecular flexibility index (Phi) is 12.2. The van der Waals surface area contributed by atoms with Crippen molar-refractivity contribution in [1.29, 1.82) is 0 Å². The van der Waals surface area contributed by atoms with Gasteiger partial charge in [0, 0.05) is 31.2 Å². The molecule has 0 spiro atoms. The minimum absolute atomic E-state index is 0.0199. The van der Waals surface area contributed by atoms with E-state index in [1.165, 1.54) is 23.5 Å². The van der Waals surface area contributed by atoms with Gasteiger partial charge in [0.25, 0.3) is 5.91 Å². The summed E-state index contributed by atoms with van der Waals surface area (Å²) in [5.74, 6) is -2.75. The topological polar surface area (TPSA) is 178 Å². The average molecular weight is 612 g/mol. The molecular formula is C31H45N7O6. The zero-order chi connectivity index (χ0) is 31.5. The van der Waals surface area contributed by atoms with Crippen molar-refractivity contribution in [2.24, 2.45) is 21.8 Å². The minimum Gasteiger partial charge on any atom is -0.347 e. The van der Waals surface area contributed by atoms with Gasteiger partial charge in [-0.25, -0.2) is 0 Å². The van der Waals surface area contributed by atoms with Gasteiger partial charge in [-0.3, -0.25) is 38.8 Å². The number of carbonyl (C=O) groups excluding carboxylic acids is 6. The number of hydrogen-bond donors (Lipinski definition) is 4. The highest BCUT2D eigenvalue weighted by Crippen LogP contribution is 2.34. The number of aliphatic imine (C=N–C) groups is 2. The quantitative estimate of drug-likeness (QED) is 0.149. The van der Waals surface area contributed by atoms with Crippen molar-refractivity contribution in [2.45, 2.75) is 108 Å². The fourth-order valence-corrected chi connectivity index (χ4v) is 5.92. The normalized spacial score (nSPS) is 21.9. The molecule has 13 nitrogen and oxygen atoms in total. The maximum Gasteiger partial charge on any atom is 0.289 e. The first-order valence-electron chi connectivity index (χ1n) is 15.9. The van der Waals surface area contributed by atoms with Gasteiger partial charge in [-0.1, -0.05) is 32.1 Å². The molecule has 4 fully saturated rings. The van der Waals surface area contributed by atoms with E-state index in [0.29, 0.717) is 31.7 Å². The maximum atomic E-state index is 13.3. The first kappa shape index (κ1) is 33.0. The Balaban J connectivity index is 1.32. The number of carbonyl (C=O) groups is 6. The predicted octanol–water partition coefficient (Wildman–Crippen LogP) is 0.924. The largest absolute Gasteiger partial charge is 0.347 e. The molecule has 3 unspecified atom stereocenters. The molecule has 0 aromatic carbocycles. The van der Waals surface area contributed by atoms with Crippen molar-refractivity contribution in [3.63, 3.8) is 0 Å². The van der Waals surface area contributed by atoms with Crippen LogP contribution in [0.2, 0.25) is 0 Å². The molecule has 13 heteroatoms. The Morgan fingerprint density at radius 1 is 0.886 bits per heavy atom. The van der Waals surface area contributed by atoms with Crippen molar-refractivity contribution < 1.29 is 28.8 Å². The van der Waals surface area contributed by atoms with Gasteiger partial charge in [0.05, 0.1) is 19.0 Å². The lowest BCUT2D eigenvalue weighted by atomic mass is 9.83. The molecule has 1 aliphatic heterocycles. The van der Waals surface area contributed by atoms with Crippen LogP contribution in [0.4, 0.5) is 0 Å². The van der Waals surface area contributed by atoms with Crippen LogP contribution in [0.15, 0.2) is 22.4 Å². The summed E-state index contributed by atoms with van der Waals surface area (Å²) in [5.41, 5.74) is 0. The van der Waals surface area contributed by atoms with Crippen LogP contribution in [0.1, 0.15) is 83.5 Å². The lowest BCUT2D eigenvalue weighted by Gasteiger charge is -2.30. The Morgan fingerprint density at radius 2 is 1.64 bits per heavy atom. The van der Waals surface area contributed by atoms with Crippen LogP contribution in [0.3, 0.4) is 0 Å². The van der Waals surface area contributed by atoms with E-state index >= 15 is 0 Å². The van der Waals surface area contributed by atoms with Gasteiger partial charge in [-0.15, -0.1) is 0 Å². The summed E-state index contributed by atoms with van der Waals surface area (Å²) in [4.78, 5) is 86.6. The number of Topliss-reactive ketones (excluding diaryl/α,β-unsaturated/α-hetero) is 1. The fraction of sp³-hybridized carbons (Fsp3) is 0.677. The first-order chi connectivity index (χ1) is 21.3. The second-order valence-corrected chi connectivity index (χ2v) is 12.3. The van der Waals surface area contributed by atoms with Crippen LogP contribution < -0.4 is 21.3 Å². The molecule has 1 heterocycles. The van der Waals surface area contributed by atoms with Crippen LogP contribution in [-0.4, -0.2) is 90.4 Å². The molecular weight excluding hydrogens is 566 g/mol. The molecule has 3 aliphatic carbocycles. The summed E-state index contributed by atoms with van der Waals surface area (Å²) >= 11 is 0. The van der Waals surface area contributed by atoms with Crippen molar-refractivity contribution in [3.05, 3.63) is 12.4 Å². The Bertz CT molecular complexity index is 1160. The van der Waals surface area contributed by atoms with Gasteiger partial charge < -0.3 is 26.2 Å². The summed E-state index contributed by atoms with van der Waals surface area (Å²) in [7, 11) is 0. The maximum absolute atomic E-state index is 13.3. The van der Waals surface area contributed by atoms with Gasteiger partial charge >= 0.3 is 0 Å². The third kappa shape index (κ3) is 10.1. The molecule has 0 bridgehead atoms. The van der Waals surface area contributed by atoms with Crippen LogP contribution in [-0.2, 0) is 28.8 Å². The number of hydrogen-bond acceptors (Lipinski definition) is 8. The van der Waals surface area contributed by atoms with E-state index in [2.05, 4.69) is 38.0 Å². The third-order valence-corrected chi connectivity index (χ3v) is 8.69. The molecule has 1 saturated heterocycles. The number of nitrogens with zero attached hydrogens (tertiary/aromatic N) is 3. The predicted molar refractivity (Wildman–Crippen MR) is 163 cm³/mol. The van der Waals surface area contributed by atoms with E-state index in [0.717, 1.165) is 57.8 Å². The third-order valence-electron chi connectivity index (χ3n) is 8.69. The molecule has 4 rings (SSSR count). The summed E-state index contributed by atoms with van der Waals surface area (Å²) in [6.45, 7) is 3.33. The molecule has 0 aromatic rings. The van der Waals surface area contributed by atoms with Crippen LogP contribution >= 0.6 is 0 Å². The monoisotopic (exact) mass is 611 g/mol. The summed E-state index contributed by atoms with van der Waals surface area (Å²) in [5, 5.41) is 11.0. The number of nitrogens with one attached hydrogen (secondary N) is 4. The zero-order valence-corrected chi connectivity index (χ0v) is 25.3. The number of ketones is 1. The van der Waals surface area contributed by atoms with E-state index < -0.39 is 47.5 Å². The minimum atomic E-state index is -0.925. The highest BCUT2D eigenvalue weighted by molar-refractivity contribution is 6.38. The van der Waals surface area contributed by atoms with Gasteiger partial charge in [-0.2, -0.15) is 0 Å². The lowest BCUT2D eigenvalue weighted by molar-refractivity contribution is -0.142. The van der Waals surface area contributed by atoms with E-state index in [1.54, 1.807) is 0 Å². The highest BCUT2D eigenvalue weighted by atomic mass is 16.2. The van der Waals surface area contributed by atoms with Gasteiger partial charge in [0.1, 0.15) is 12.1 Å². The summed E-state index contributed by atoms with van der Waals surface area (Å²) in [6, 6.07) is -2.48. The van der Waals surface area contributed by atoms with Crippen LogP contribution in [0.5, 0.6) is 0 Å². The molecule has 240 valence electrons. The molecule has 5 amide bonds. The number of amides is 5. The average Bonchev–Trinajstić information content (AvgIpc) is 3.96. The molecule has 3 atom stereocenters. The van der Waals surface area contributed by atoms with Crippen LogP contribution in [0.25, 0.3) is 0 Å². The van der Waals surface area contributed by atoms with Crippen molar-refractivity contribution >= 4 is 48.3 Å². The lowest BCUT2D eigenvalue weighted by Crippen LogP contribution is -2.56. The standard InChI is InChI=1S/C31H45N7O6/c1-32-15-16-33-14-13-25(39)37-27(21-6-3-2-4-7-21)30(43)34-19-26(40)38-17-5-8-24(38)29(42)36-23(18-20-9-10-20)28(41)31(44)35-22-11-12-22/h14-16,20-24,27H,1-13,17-19H2,(H,34,43)(H,35,44)(H,36,42)(H,37,39)/b16-15-,33-14?. The SMILES string of the molecule is C=N/C=C\N=CCC(=O)NC(C(=O)NCC(=O)N1CCCC1C(=O)NC(CC1CC1)C(=O)C(=O)NC1CC1)C1CCCCC1. The Hall–Kier alpha value is -3.90. The van der Waals surface area contributed by atoms with E-state index in [4.69, 9.17) is 0 Å². The van der Waals surface area contributed by atoms with Crippen molar-refractivity contribution in [3.8, 4) is 0 Å². The molecule has 3 saturated carbocycles. The van der Waals surface area contributed by atoms with E-state index in [-0.39, 0.29) is 30.8 Å². The van der Waals surface area contributed by atoms with E-state index in [9.17, 15) is 28.8 Å². The second kappa shape index (κ2) is 16.2. The smallest absolute Gasteiger partial charge is 0.289 e. The van der Waals surface area contributed by atoms with Crippen LogP contribution in [0, 0.1) is 11.8 Å². The van der Waals surface area contributed by atoms with Crippen molar-refractivity contribution in [1.82, 2.24) is 26.2 Å². The summed E-state index contributed by atoms with van der Waals surface area (Å²) < 4.78 is 0. The molecule has 44 heavy (non-hydrogen) atoms. The zero-order valence-electron chi connectivity index (χ0n) is 25.3.